The molecule has 3 rings (SSSR count). The minimum absolute atomic E-state index is 0.128. The molecular weight excluding hydrogens is 436 g/mol. The van der Waals surface area contributed by atoms with E-state index in [1.54, 1.807) is 18.4 Å². The summed E-state index contributed by atoms with van der Waals surface area (Å²) in [6.45, 7) is 2.04. The van der Waals surface area contributed by atoms with Crippen molar-refractivity contribution in [3.05, 3.63) is 46.8 Å². The predicted octanol–water partition coefficient (Wildman–Crippen LogP) is 1.97. The average molecular weight is 459 g/mol. The maximum absolute atomic E-state index is 13.0. The highest BCUT2D eigenvalue weighted by Crippen LogP contribution is 2.25. The average Bonchev–Trinajstić information content (AvgIpc) is 3.23. The van der Waals surface area contributed by atoms with Crippen molar-refractivity contribution in [2.75, 3.05) is 20.2 Å². The van der Waals surface area contributed by atoms with Gasteiger partial charge in [0.2, 0.25) is 20.0 Å². The third-order valence-corrected chi connectivity index (χ3v) is 9.73. The van der Waals surface area contributed by atoms with Gasteiger partial charge in [-0.1, -0.05) is 6.07 Å². The van der Waals surface area contributed by atoms with Crippen LogP contribution >= 0.6 is 11.3 Å². The Morgan fingerprint density at radius 3 is 2.41 bits per heavy atom. The van der Waals surface area contributed by atoms with Gasteiger partial charge in [-0.2, -0.15) is 4.31 Å². The summed E-state index contributed by atoms with van der Waals surface area (Å²) in [4.78, 5) is 11.8. The molecule has 158 valence electrons. The molecule has 1 aromatic carbocycles. The number of methoxy groups -OCH3 is 1. The fourth-order valence-corrected chi connectivity index (χ4v) is 7.22. The lowest BCUT2D eigenvalue weighted by Crippen LogP contribution is -2.46. The van der Waals surface area contributed by atoms with E-state index >= 15 is 0 Å². The van der Waals surface area contributed by atoms with Crippen LogP contribution in [0.4, 0.5) is 0 Å². The van der Waals surface area contributed by atoms with Crippen molar-refractivity contribution in [3.8, 4) is 0 Å². The Labute approximate surface area is 174 Å². The van der Waals surface area contributed by atoms with Gasteiger partial charge in [0.05, 0.1) is 17.6 Å². The Bertz CT molecular complexity index is 1090. The van der Waals surface area contributed by atoms with E-state index in [-0.39, 0.29) is 33.8 Å². The van der Waals surface area contributed by atoms with Crippen LogP contribution < -0.4 is 4.72 Å². The molecule has 0 amide bonds. The first-order valence-corrected chi connectivity index (χ1v) is 12.7. The molecular formula is C18H22N2O6S3. The van der Waals surface area contributed by atoms with Crippen molar-refractivity contribution in [1.82, 2.24) is 9.03 Å². The molecule has 2 aromatic rings. The van der Waals surface area contributed by atoms with Crippen LogP contribution in [0.2, 0.25) is 0 Å². The fraction of sp³-hybridized carbons (Fsp3) is 0.389. The van der Waals surface area contributed by atoms with Crippen LogP contribution in [-0.4, -0.2) is 53.4 Å². The third-order valence-electron chi connectivity index (χ3n) is 4.75. The maximum atomic E-state index is 13.0. The summed E-state index contributed by atoms with van der Waals surface area (Å²) in [7, 11) is -6.07. The van der Waals surface area contributed by atoms with Crippen molar-refractivity contribution >= 4 is 37.4 Å². The van der Waals surface area contributed by atoms with E-state index in [9.17, 15) is 21.6 Å². The molecule has 1 aliphatic heterocycles. The van der Waals surface area contributed by atoms with Crippen LogP contribution in [0.25, 0.3) is 0 Å². The highest BCUT2D eigenvalue weighted by molar-refractivity contribution is 7.91. The Hall–Kier alpha value is -1.79. The van der Waals surface area contributed by atoms with Gasteiger partial charge in [-0.05, 0) is 55.0 Å². The molecule has 1 saturated heterocycles. The number of piperidine rings is 1. The highest BCUT2D eigenvalue weighted by atomic mass is 32.2. The normalized spacial score (nSPS) is 16.6. The number of carbonyl (C=O) groups is 1. The van der Waals surface area contributed by atoms with Gasteiger partial charge in [0, 0.05) is 19.1 Å². The van der Waals surface area contributed by atoms with Gasteiger partial charge in [0.1, 0.15) is 4.21 Å². The summed E-state index contributed by atoms with van der Waals surface area (Å²) in [5.74, 6) is -0.532. The number of esters is 1. The minimum Gasteiger partial charge on any atom is -0.465 e. The lowest BCUT2D eigenvalue weighted by Gasteiger charge is -2.31. The molecule has 8 nitrogen and oxygen atoms in total. The number of benzene rings is 1. The second kappa shape index (κ2) is 8.52. The number of rotatable bonds is 6. The van der Waals surface area contributed by atoms with E-state index in [1.165, 1.54) is 35.7 Å². The molecule has 0 unspecified atom stereocenters. The maximum Gasteiger partial charge on any atom is 0.337 e. The first kappa shape index (κ1) is 21.9. The first-order chi connectivity index (χ1) is 13.6. The molecule has 0 atom stereocenters. The highest BCUT2D eigenvalue weighted by Gasteiger charge is 2.32. The van der Waals surface area contributed by atoms with Gasteiger partial charge in [0.25, 0.3) is 0 Å². The van der Waals surface area contributed by atoms with Crippen molar-refractivity contribution in [2.45, 2.75) is 34.9 Å². The number of hydrogen-bond donors (Lipinski definition) is 1. The Morgan fingerprint density at radius 1 is 1.17 bits per heavy atom. The monoisotopic (exact) mass is 458 g/mol. The second-order valence-corrected chi connectivity index (χ2v) is 11.5. The van der Waals surface area contributed by atoms with Gasteiger partial charge < -0.3 is 4.74 Å². The standard InChI is InChI=1S/C18H22N2O6S3/c1-13-12-14(18(21)26-2)5-6-16(13)29(24,25)20-9-7-15(8-10-20)19-28(22,23)17-4-3-11-27-17/h3-6,11-12,15,19H,7-10H2,1-2H3. The number of carbonyl (C=O) groups excluding carboxylic acids is 1. The van der Waals surface area contributed by atoms with Crippen molar-refractivity contribution in [3.63, 3.8) is 0 Å². The zero-order chi connectivity index (χ0) is 21.2. The second-order valence-electron chi connectivity index (χ2n) is 6.70. The quantitative estimate of drug-likeness (QED) is 0.663. The number of sulfonamides is 2. The predicted molar refractivity (Wildman–Crippen MR) is 109 cm³/mol. The van der Waals surface area contributed by atoms with E-state index in [1.807, 2.05) is 0 Å². The number of nitrogens with one attached hydrogen (secondary N) is 1. The molecule has 2 heterocycles. The Kier molecular flexibility index (Phi) is 6.44. The molecule has 1 aliphatic rings. The van der Waals surface area contributed by atoms with E-state index in [2.05, 4.69) is 9.46 Å². The molecule has 29 heavy (non-hydrogen) atoms. The summed E-state index contributed by atoms with van der Waals surface area (Å²) < 4.78 is 59.6. The number of ether oxygens (including phenoxy) is 1. The van der Waals surface area contributed by atoms with Gasteiger partial charge in [-0.3, -0.25) is 0 Å². The van der Waals surface area contributed by atoms with Gasteiger partial charge >= 0.3 is 5.97 Å². The van der Waals surface area contributed by atoms with Gasteiger partial charge in [0.15, 0.2) is 0 Å². The van der Waals surface area contributed by atoms with Crippen LogP contribution in [0.5, 0.6) is 0 Å². The summed E-state index contributed by atoms with van der Waals surface area (Å²) in [6.07, 6.45) is 0.756. The molecule has 0 spiro atoms. The fourth-order valence-electron chi connectivity index (χ4n) is 3.23. The smallest absolute Gasteiger partial charge is 0.337 e. The van der Waals surface area contributed by atoms with E-state index in [0.29, 0.717) is 18.4 Å². The van der Waals surface area contributed by atoms with Crippen molar-refractivity contribution in [2.24, 2.45) is 0 Å². The van der Waals surface area contributed by atoms with Crippen LogP contribution in [-0.2, 0) is 24.8 Å². The molecule has 0 aliphatic carbocycles. The largest absolute Gasteiger partial charge is 0.465 e. The zero-order valence-electron chi connectivity index (χ0n) is 16.0. The topological polar surface area (TPSA) is 110 Å². The van der Waals surface area contributed by atoms with Crippen LogP contribution in [0.15, 0.2) is 44.8 Å². The zero-order valence-corrected chi connectivity index (χ0v) is 18.4. The van der Waals surface area contributed by atoms with Crippen LogP contribution in [0.3, 0.4) is 0 Å². The molecule has 0 radical (unpaired) electrons. The van der Waals surface area contributed by atoms with Gasteiger partial charge in [-0.15, -0.1) is 11.3 Å². The Balaban J connectivity index is 1.69. The lowest BCUT2D eigenvalue weighted by molar-refractivity contribution is 0.0600. The van der Waals surface area contributed by atoms with Crippen molar-refractivity contribution < 1.29 is 26.4 Å². The number of hydrogen-bond acceptors (Lipinski definition) is 7. The number of nitrogens with zero attached hydrogens (tertiary/aromatic N) is 1. The number of aryl methyl sites for hydroxylation is 1. The first-order valence-electron chi connectivity index (χ1n) is 8.90. The third kappa shape index (κ3) is 4.69. The lowest BCUT2D eigenvalue weighted by atomic mass is 10.1. The summed E-state index contributed by atoms with van der Waals surface area (Å²) in [5.41, 5.74) is 0.735. The molecule has 1 N–H and O–H groups in total. The van der Waals surface area contributed by atoms with Gasteiger partial charge in [-0.25, -0.2) is 26.4 Å². The number of thiophene rings is 1. The SMILES string of the molecule is COC(=O)c1ccc(S(=O)(=O)N2CCC(NS(=O)(=O)c3cccs3)CC2)c(C)c1. The Morgan fingerprint density at radius 2 is 1.86 bits per heavy atom. The van der Waals surface area contributed by atoms with E-state index in [4.69, 9.17) is 0 Å². The summed E-state index contributed by atoms with van der Waals surface area (Å²) in [5, 5.41) is 1.69. The molecule has 11 heteroatoms. The molecule has 1 fully saturated rings. The van der Waals surface area contributed by atoms with E-state index < -0.39 is 26.0 Å². The molecule has 0 saturated carbocycles. The van der Waals surface area contributed by atoms with Crippen LogP contribution in [0.1, 0.15) is 28.8 Å². The van der Waals surface area contributed by atoms with Crippen molar-refractivity contribution in [1.29, 1.82) is 0 Å². The summed E-state index contributed by atoms with van der Waals surface area (Å²) in [6, 6.07) is 7.20. The van der Waals surface area contributed by atoms with E-state index in [0.717, 1.165) is 11.3 Å². The molecule has 1 aromatic heterocycles. The van der Waals surface area contributed by atoms with Crippen LogP contribution in [0, 0.1) is 6.92 Å². The molecule has 0 bridgehead atoms. The summed E-state index contributed by atoms with van der Waals surface area (Å²) >= 11 is 1.14. The minimum atomic E-state index is -3.75.